The van der Waals surface area contributed by atoms with E-state index in [1.54, 1.807) is 6.92 Å². The Morgan fingerprint density at radius 3 is 1.93 bits per heavy atom. The van der Waals surface area contributed by atoms with Gasteiger partial charge in [-0.05, 0) is 6.92 Å². The first-order chi connectivity index (χ1) is 13.9. The Hall–Kier alpha value is -3.17. The van der Waals surface area contributed by atoms with E-state index in [1.165, 1.54) is 43.3 Å². The molecule has 1 aliphatic heterocycles. The molecule has 0 spiro atoms. The number of hydrogen-bond acceptors (Lipinski definition) is 8. The molecule has 0 bridgehead atoms. The third kappa shape index (κ3) is 5.43. The number of ether oxygens (including phenoxy) is 5. The van der Waals surface area contributed by atoms with Gasteiger partial charge in [-0.25, -0.2) is 9.59 Å². The van der Waals surface area contributed by atoms with E-state index in [1.807, 2.05) is 0 Å². The van der Waals surface area contributed by atoms with Gasteiger partial charge < -0.3 is 33.5 Å². The molecule has 10 nitrogen and oxygen atoms in total. The highest BCUT2D eigenvalue weighted by molar-refractivity contribution is 5.95. The highest BCUT2D eigenvalue weighted by atomic mass is 16.6. The third-order valence-corrected chi connectivity index (χ3v) is 4.41. The molecule has 10 heteroatoms. The summed E-state index contributed by atoms with van der Waals surface area (Å²) in [5.41, 5.74) is 0.116. The molecule has 1 fully saturated rings. The van der Waals surface area contributed by atoms with Crippen molar-refractivity contribution in [1.82, 2.24) is 9.80 Å². The number of esters is 1. The van der Waals surface area contributed by atoms with Crippen LogP contribution in [0.15, 0.2) is 12.1 Å². The number of rotatable bonds is 7. The second-order valence-electron chi connectivity index (χ2n) is 6.05. The van der Waals surface area contributed by atoms with E-state index in [9.17, 15) is 14.4 Å². The van der Waals surface area contributed by atoms with E-state index in [0.29, 0.717) is 44.3 Å². The Kier molecular flexibility index (Phi) is 7.93. The summed E-state index contributed by atoms with van der Waals surface area (Å²) < 4.78 is 25.7. The van der Waals surface area contributed by atoms with Crippen molar-refractivity contribution in [2.75, 3.05) is 60.7 Å². The number of methoxy groups -OCH3 is 3. The molecule has 0 atom stereocenters. The van der Waals surface area contributed by atoms with Crippen molar-refractivity contribution in [3.05, 3.63) is 17.7 Å². The maximum absolute atomic E-state index is 12.5. The molecule has 1 saturated heterocycles. The fourth-order valence-corrected chi connectivity index (χ4v) is 2.84. The topological polar surface area (TPSA) is 104 Å². The monoisotopic (exact) mass is 410 g/mol. The molecule has 1 aromatic carbocycles. The normalized spacial score (nSPS) is 13.5. The van der Waals surface area contributed by atoms with Crippen LogP contribution in [0.2, 0.25) is 0 Å². The lowest BCUT2D eigenvalue weighted by Gasteiger charge is -2.33. The van der Waals surface area contributed by atoms with Crippen molar-refractivity contribution in [3.63, 3.8) is 0 Å². The summed E-state index contributed by atoms with van der Waals surface area (Å²) in [6.07, 6.45) is -0.397. The molecule has 160 valence electrons. The maximum atomic E-state index is 12.5. The zero-order chi connectivity index (χ0) is 21.4. The van der Waals surface area contributed by atoms with Crippen LogP contribution in [0.5, 0.6) is 17.2 Å². The Morgan fingerprint density at radius 1 is 0.828 bits per heavy atom. The Bertz CT molecular complexity index is 744. The van der Waals surface area contributed by atoms with Crippen LogP contribution < -0.4 is 14.2 Å². The largest absolute Gasteiger partial charge is 0.496 e. The van der Waals surface area contributed by atoms with E-state index >= 15 is 0 Å². The van der Waals surface area contributed by atoms with Crippen LogP contribution in [0.1, 0.15) is 17.3 Å². The molecule has 0 unspecified atom stereocenters. The lowest BCUT2D eigenvalue weighted by Crippen LogP contribution is -2.51. The summed E-state index contributed by atoms with van der Waals surface area (Å²) in [5, 5.41) is 0. The number of piperazine rings is 1. The zero-order valence-corrected chi connectivity index (χ0v) is 17.1. The lowest BCUT2D eigenvalue weighted by atomic mass is 10.1. The van der Waals surface area contributed by atoms with E-state index in [4.69, 9.17) is 23.7 Å². The number of carbonyl (C=O) groups is 3. The minimum Gasteiger partial charge on any atom is -0.496 e. The molecule has 1 aliphatic rings. The minimum absolute atomic E-state index is 0.116. The zero-order valence-electron chi connectivity index (χ0n) is 17.1. The van der Waals surface area contributed by atoms with E-state index in [-0.39, 0.29) is 17.2 Å². The maximum Gasteiger partial charge on any atom is 0.409 e. The van der Waals surface area contributed by atoms with Crippen LogP contribution >= 0.6 is 0 Å². The first-order valence-electron chi connectivity index (χ1n) is 9.11. The smallest absolute Gasteiger partial charge is 0.409 e. The van der Waals surface area contributed by atoms with Gasteiger partial charge in [-0.1, -0.05) is 0 Å². The van der Waals surface area contributed by atoms with Gasteiger partial charge in [0.25, 0.3) is 5.91 Å². The average molecular weight is 410 g/mol. The second-order valence-corrected chi connectivity index (χ2v) is 6.05. The molecule has 0 aromatic heterocycles. The quantitative estimate of drug-likeness (QED) is 0.617. The van der Waals surface area contributed by atoms with Crippen LogP contribution in [0, 0.1) is 0 Å². The molecule has 29 heavy (non-hydrogen) atoms. The molecule has 0 aliphatic carbocycles. The van der Waals surface area contributed by atoms with Crippen LogP contribution in [-0.4, -0.2) is 88.5 Å². The summed E-state index contributed by atoms with van der Waals surface area (Å²) in [6.45, 7) is 3.02. The van der Waals surface area contributed by atoms with Gasteiger partial charge in [-0.3, -0.25) is 4.79 Å². The fourth-order valence-electron chi connectivity index (χ4n) is 2.84. The average Bonchev–Trinajstić information content (AvgIpc) is 2.76. The highest BCUT2D eigenvalue weighted by Crippen LogP contribution is 2.34. The molecule has 2 rings (SSSR count). The van der Waals surface area contributed by atoms with Gasteiger partial charge in [0.1, 0.15) is 11.3 Å². The summed E-state index contributed by atoms with van der Waals surface area (Å²) in [5.74, 6) is -0.0936. The SMILES string of the molecule is CCOC(=O)N1CCN(C(=O)COC(=O)c2cc(OC)c(OC)cc2OC)CC1. The van der Waals surface area contributed by atoms with Gasteiger partial charge >= 0.3 is 12.1 Å². The van der Waals surface area contributed by atoms with Crippen LogP contribution in [0.25, 0.3) is 0 Å². The predicted molar refractivity (Wildman–Crippen MR) is 102 cm³/mol. The standard InChI is InChI=1S/C19H26N2O8/c1-5-28-19(24)21-8-6-20(7-9-21)17(22)12-29-18(23)13-10-15(26-3)16(27-4)11-14(13)25-2/h10-11H,5-9,12H2,1-4H3. The van der Waals surface area contributed by atoms with E-state index < -0.39 is 18.7 Å². The lowest BCUT2D eigenvalue weighted by molar-refractivity contribution is -0.136. The number of carbonyl (C=O) groups excluding carboxylic acids is 3. The number of amides is 2. The summed E-state index contributed by atoms with van der Waals surface area (Å²) >= 11 is 0. The van der Waals surface area contributed by atoms with Crippen molar-refractivity contribution >= 4 is 18.0 Å². The fraction of sp³-hybridized carbons (Fsp3) is 0.526. The van der Waals surface area contributed by atoms with E-state index in [2.05, 4.69) is 0 Å². The van der Waals surface area contributed by atoms with Crippen LogP contribution in [0.4, 0.5) is 4.79 Å². The van der Waals surface area contributed by atoms with E-state index in [0.717, 1.165) is 0 Å². The predicted octanol–water partition coefficient (Wildman–Crippen LogP) is 1.17. The Morgan fingerprint density at radius 2 is 1.38 bits per heavy atom. The second kappa shape index (κ2) is 10.4. The molecule has 0 N–H and O–H groups in total. The highest BCUT2D eigenvalue weighted by Gasteiger charge is 2.26. The summed E-state index contributed by atoms with van der Waals surface area (Å²) in [4.78, 5) is 39.6. The first kappa shape index (κ1) is 22.1. The van der Waals surface area contributed by atoms with Gasteiger partial charge in [-0.15, -0.1) is 0 Å². The van der Waals surface area contributed by atoms with Crippen molar-refractivity contribution < 1.29 is 38.1 Å². The van der Waals surface area contributed by atoms with Gasteiger partial charge in [0.2, 0.25) is 0 Å². The molecule has 2 amide bonds. The number of nitrogens with zero attached hydrogens (tertiary/aromatic N) is 2. The molecule has 0 radical (unpaired) electrons. The molecular formula is C19H26N2O8. The molecular weight excluding hydrogens is 384 g/mol. The Labute approximate surface area is 169 Å². The molecule has 1 aromatic rings. The minimum atomic E-state index is -0.721. The van der Waals surface area contributed by atoms with Crippen molar-refractivity contribution in [2.45, 2.75) is 6.92 Å². The van der Waals surface area contributed by atoms with Crippen molar-refractivity contribution in [1.29, 1.82) is 0 Å². The number of benzene rings is 1. The van der Waals surface area contributed by atoms with Crippen molar-refractivity contribution in [2.24, 2.45) is 0 Å². The number of hydrogen-bond donors (Lipinski definition) is 0. The van der Waals surface area contributed by atoms with Crippen LogP contribution in [0.3, 0.4) is 0 Å². The first-order valence-corrected chi connectivity index (χ1v) is 9.11. The Balaban J connectivity index is 1.94. The summed E-state index contributed by atoms with van der Waals surface area (Å²) in [6, 6.07) is 2.94. The van der Waals surface area contributed by atoms with Crippen LogP contribution in [-0.2, 0) is 14.3 Å². The van der Waals surface area contributed by atoms with Crippen molar-refractivity contribution in [3.8, 4) is 17.2 Å². The molecule has 0 saturated carbocycles. The molecule has 1 heterocycles. The van der Waals surface area contributed by atoms with Gasteiger partial charge in [0, 0.05) is 38.3 Å². The van der Waals surface area contributed by atoms with Gasteiger partial charge in [0.15, 0.2) is 18.1 Å². The third-order valence-electron chi connectivity index (χ3n) is 4.41. The van der Waals surface area contributed by atoms with Gasteiger partial charge in [-0.2, -0.15) is 0 Å². The summed E-state index contributed by atoms with van der Waals surface area (Å²) in [7, 11) is 4.32. The van der Waals surface area contributed by atoms with Gasteiger partial charge in [0.05, 0.1) is 27.9 Å².